The molecular formula is C11H17N3O5S. The Hall–Kier alpha value is -1.58. The van der Waals surface area contributed by atoms with Crippen LogP contribution in [0.5, 0.6) is 0 Å². The Balaban J connectivity index is 2.74. The molecule has 1 heterocycles. The smallest absolute Gasteiger partial charge is 0.363 e. The summed E-state index contributed by atoms with van der Waals surface area (Å²) in [5, 5.41) is 19.1. The quantitative estimate of drug-likeness (QED) is 0.431. The molecule has 0 aliphatic rings. The zero-order valence-electron chi connectivity index (χ0n) is 11.1. The summed E-state index contributed by atoms with van der Waals surface area (Å²) >= 11 is 0. The predicted octanol–water partition coefficient (Wildman–Crippen LogP) is 0.773. The van der Waals surface area contributed by atoms with Gasteiger partial charge in [0.1, 0.15) is 4.90 Å². The normalized spacial score (nSPS) is 11.8. The molecule has 0 bridgehead atoms. The summed E-state index contributed by atoms with van der Waals surface area (Å²) in [4.78, 5) is 13.2. The van der Waals surface area contributed by atoms with Crippen LogP contribution in [0.3, 0.4) is 0 Å². The molecule has 0 amide bonds. The van der Waals surface area contributed by atoms with Gasteiger partial charge in [0.25, 0.3) is 0 Å². The number of nitrogens with zero attached hydrogens (tertiary/aromatic N) is 3. The Morgan fingerprint density at radius 3 is 2.55 bits per heavy atom. The summed E-state index contributed by atoms with van der Waals surface area (Å²) < 4.78 is 25.5. The maximum atomic E-state index is 12.1. The van der Waals surface area contributed by atoms with E-state index in [1.807, 2.05) is 0 Å². The second kappa shape index (κ2) is 7.27. The first-order valence-electron chi connectivity index (χ1n) is 6.07. The van der Waals surface area contributed by atoms with Crippen LogP contribution in [-0.4, -0.2) is 47.9 Å². The van der Waals surface area contributed by atoms with Gasteiger partial charge in [0.05, 0.1) is 0 Å². The largest absolute Gasteiger partial charge is 0.396 e. The van der Waals surface area contributed by atoms with Crippen molar-refractivity contribution in [2.24, 2.45) is 0 Å². The molecule has 1 rings (SSSR count). The molecule has 112 valence electrons. The molecule has 1 aromatic heterocycles. The lowest BCUT2D eigenvalue weighted by atomic mass is 10.2. The monoisotopic (exact) mass is 303 g/mol. The van der Waals surface area contributed by atoms with E-state index in [0.717, 1.165) is 18.7 Å². The van der Waals surface area contributed by atoms with Crippen molar-refractivity contribution in [3.8, 4) is 0 Å². The number of hydrogen-bond donors (Lipinski definition) is 1. The highest BCUT2D eigenvalue weighted by Gasteiger charge is 2.22. The number of aliphatic hydroxyl groups is 1. The highest BCUT2D eigenvalue weighted by Crippen LogP contribution is 2.16. The van der Waals surface area contributed by atoms with E-state index >= 15 is 0 Å². The van der Waals surface area contributed by atoms with Crippen molar-refractivity contribution in [2.75, 3.05) is 20.2 Å². The molecule has 9 heteroatoms. The van der Waals surface area contributed by atoms with Crippen molar-refractivity contribution in [3.63, 3.8) is 0 Å². The number of aliphatic hydroxyl groups excluding tert-OH is 1. The molecule has 1 aromatic rings. The number of rotatable bonds is 8. The minimum atomic E-state index is -3.68. The van der Waals surface area contributed by atoms with Crippen LogP contribution in [0.1, 0.15) is 19.3 Å². The van der Waals surface area contributed by atoms with Crippen LogP contribution in [0.2, 0.25) is 0 Å². The van der Waals surface area contributed by atoms with Crippen LogP contribution in [0.4, 0.5) is 5.82 Å². The lowest BCUT2D eigenvalue weighted by molar-refractivity contribution is -0.389. The Morgan fingerprint density at radius 1 is 1.35 bits per heavy atom. The molecule has 0 atom stereocenters. The maximum Gasteiger partial charge on any atom is 0.363 e. The summed E-state index contributed by atoms with van der Waals surface area (Å²) in [6.45, 7) is 0.405. The number of pyridine rings is 1. The molecule has 0 unspecified atom stereocenters. The zero-order chi connectivity index (χ0) is 15.2. The molecule has 0 saturated carbocycles. The van der Waals surface area contributed by atoms with Crippen LogP contribution in [0.25, 0.3) is 0 Å². The van der Waals surface area contributed by atoms with E-state index in [1.54, 1.807) is 0 Å². The van der Waals surface area contributed by atoms with Gasteiger partial charge in [-0.1, -0.05) is 0 Å². The van der Waals surface area contributed by atoms with Gasteiger partial charge in [-0.15, -0.1) is 0 Å². The number of sulfonamides is 1. The topological polar surface area (TPSA) is 114 Å². The van der Waals surface area contributed by atoms with E-state index in [9.17, 15) is 18.5 Å². The second-order valence-electron chi connectivity index (χ2n) is 4.22. The van der Waals surface area contributed by atoms with E-state index in [4.69, 9.17) is 5.11 Å². The Morgan fingerprint density at radius 2 is 2.05 bits per heavy atom. The highest BCUT2D eigenvalue weighted by molar-refractivity contribution is 7.89. The van der Waals surface area contributed by atoms with Crippen LogP contribution >= 0.6 is 0 Å². The van der Waals surface area contributed by atoms with Crippen LogP contribution in [0.15, 0.2) is 23.2 Å². The molecule has 8 nitrogen and oxygen atoms in total. The van der Waals surface area contributed by atoms with E-state index in [2.05, 4.69) is 4.98 Å². The van der Waals surface area contributed by atoms with E-state index < -0.39 is 20.8 Å². The fourth-order valence-corrected chi connectivity index (χ4v) is 2.71. The predicted molar refractivity (Wildman–Crippen MR) is 71.6 cm³/mol. The molecule has 0 saturated heterocycles. The van der Waals surface area contributed by atoms with Crippen molar-refractivity contribution in [3.05, 3.63) is 28.4 Å². The fraction of sp³-hybridized carbons (Fsp3) is 0.545. The summed E-state index contributed by atoms with van der Waals surface area (Å²) in [5.41, 5.74) is 0. The average molecular weight is 303 g/mol. The minimum Gasteiger partial charge on any atom is -0.396 e. The third-order valence-corrected chi connectivity index (χ3v) is 4.59. The Labute approximate surface area is 117 Å². The number of hydrogen-bond acceptors (Lipinski definition) is 6. The SMILES string of the molecule is CN(CCCCCO)S(=O)(=O)c1ccc([N+](=O)[O-])nc1. The Bertz CT molecular complexity index is 544. The van der Waals surface area contributed by atoms with Gasteiger partial charge < -0.3 is 15.2 Å². The van der Waals surface area contributed by atoms with E-state index in [-0.39, 0.29) is 11.5 Å². The molecule has 20 heavy (non-hydrogen) atoms. The standard InChI is InChI=1S/C11H17N3O5S/c1-13(7-3-2-4-8-15)20(18,19)10-5-6-11(12-9-10)14(16)17/h5-6,9,15H,2-4,7-8H2,1H3. The van der Waals surface area contributed by atoms with Crippen molar-refractivity contribution < 1.29 is 18.4 Å². The molecule has 1 N–H and O–H groups in total. The summed E-state index contributed by atoms with van der Waals surface area (Å²) in [7, 11) is -2.24. The van der Waals surface area contributed by atoms with Crippen LogP contribution in [-0.2, 0) is 10.0 Å². The highest BCUT2D eigenvalue weighted by atomic mass is 32.2. The lowest BCUT2D eigenvalue weighted by Crippen LogP contribution is -2.28. The van der Waals surface area contributed by atoms with Crippen molar-refractivity contribution >= 4 is 15.8 Å². The first kappa shape index (κ1) is 16.5. The van der Waals surface area contributed by atoms with Crippen molar-refractivity contribution in [1.82, 2.24) is 9.29 Å². The summed E-state index contributed by atoms with van der Waals surface area (Å²) in [6.07, 6.45) is 2.98. The molecular weight excluding hydrogens is 286 g/mol. The maximum absolute atomic E-state index is 12.1. The summed E-state index contributed by atoms with van der Waals surface area (Å²) in [6, 6.07) is 2.23. The fourth-order valence-electron chi connectivity index (χ4n) is 1.56. The third-order valence-electron chi connectivity index (χ3n) is 2.75. The molecule has 0 aromatic carbocycles. The van der Waals surface area contributed by atoms with E-state index in [1.165, 1.54) is 17.4 Å². The van der Waals surface area contributed by atoms with Crippen LogP contribution < -0.4 is 0 Å². The molecule has 0 aliphatic heterocycles. The minimum absolute atomic E-state index is 0.0761. The van der Waals surface area contributed by atoms with Gasteiger partial charge >= 0.3 is 5.82 Å². The number of aromatic nitrogens is 1. The van der Waals surface area contributed by atoms with Crippen molar-refractivity contribution in [2.45, 2.75) is 24.2 Å². The molecule has 0 radical (unpaired) electrons. The number of unbranched alkanes of at least 4 members (excludes halogenated alkanes) is 2. The van der Waals surface area contributed by atoms with Crippen LogP contribution in [0, 0.1) is 10.1 Å². The van der Waals surface area contributed by atoms with E-state index in [0.29, 0.717) is 19.4 Å². The first-order valence-corrected chi connectivity index (χ1v) is 7.51. The summed E-state index contributed by atoms with van der Waals surface area (Å²) in [5.74, 6) is -0.394. The third kappa shape index (κ3) is 4.22. The molecule has 0 spiro atoms. The van der Waals surface area contributed by atoms with Gasteiger partial charge in [-0.05, 0) is 35.2 Å². The lowest BCUT2D eigenvalue weighted by Gasteiger charge is -2.16. The van der Waals surface area contributed by atoms with Gasteiger partial charge in [-0.25, -0.2) is 12.7 Å². The molecule has 0 fully saturated rings. The zero-order valence-corrected chi connectivity index (χ0v) is 11.9. The van der Waals surface area contributed by atoms with Gasteiger partial charge in [-0.3, -0.25) is 0 Å². The van der Waals surface area contributed by atoms with Gasteiger partial charge in [0, 0.05) is 26.3 Å². The molecule has 0 aliphatic carbocycles. The van der Waals surface area contributed by atoms with Crippen molar-refractivity contribution in [1.29, 1.82) is 0 Å². The first-order chi connectivity index (χ1) is 9.39. The number of nitro groups is 1. The average Bonchev–Trinajstić information content (AvgIpc) is 2.43. The Kier molecular flexibility index (Phi) is 5.99. The van der Waals surface area contributed by atoms with Gasteiger partial charge in [-0.2, -0.15) is 0 Å². The van der Waals surface area contributed by atoms with Gasteiger partial charge in [0.2, 0.25) is 10.0 Å². The van der Waals surface area contributed by atoms with Gasteiger partial charge in [0.15, 0.2) is 6.20 Å². The second-order valence-corrected chi connectivity index (χ2v) is 6.26.